The molecule has 2 aromatic rings. The molecule has 0 aliphatic carbocycles. The van der Waals surface area contributed by atoms with Crippen molar-refractivity contribution in [3.63, 3.8) is 0 Å². The van der Waals surface area contributed by atoms with Crippen molar-refractivity contribution in [2.45, 2.75) is 26.9 Å². The van der Waals surface area contributed by atoms with E-state index in [1.165, 1.54) is 5.69 Å². The van der Waals surface area contributed by atoms with Crippen molar-refractivity contribution < 1.29 is 4.74 Å². The van der Waals surface area contributed by atoms with Crippen LogP contribution in [-0.4, -0.2) is 41.6 Å². The molecule has 0 amide bonds. The summed E-state index contributed by atoms with van der Waals surface area (Å²) in [7, 11) is 7.54. The Kier molecular flexibility index (Phi) is 8.88. The Labute approximate surface area is 181 Å². The molecule has 1 N–H and O–H groups in total. The minimum absolute atomic E-state index is 0. The van der Waals surface area contributed by atoms with Crippen LogP contribution in [0.4, 0.5) is 0 Å². The fourth-order valence-electron chi connectivity index (χ4n) is 2.84. The molecular formula is C18H27BrIN5O. The lowest BCUT2D eigenvalue weighted by Crippen LogP contribution is -2.38. The van der Waals surface area contributed by atoms with Crippen molar-refractivity contribution in [1.29, 1.82) is 0 Å². The number of nitrogens with zero attached hydrogens (tertiary/aromatic N) is 4. The molecule has 0 aliphatic heterocycles. The number of aromatic nitrogens is 2. The third-order valence-electron chi connectivity index (χ3n) is 4.21. The molecule has 0 saturated carbocycles. The molecule has 2 aromatic heterocycles. The monoisotopic (exact) mass is 535 g/mol. The van der Waals surface area contributed by atoms with Gasteiger partial charge in [0.2, 0.25) is 0 Å². The third kappa shape index (κ3) is 5.35. The van der Waals surface area contributed by atoms with Crippen LogP contribution < -0.4 is 10.1 Å². The van der Waals surface area contributed by atoms with E-state index in [2.05, 4.69) is 46.8 Å². The lowest BCUT2D eigenvalue weighted by Gasteiger charge is -2.23. The van der Waals surface area contributed by atoms with Crippen LogP contribution >= 0.6 is 39.9 Å². The van der Waals surface area contributed by atoms with E-state index >= 15 is 0 Å². The second-order valence-corrected chi connectivity index (χ2v) is 6.98. The standard InChI is InChI=1S/C18H26BrN5O.HI/c1-12-8-21-16(13(2)17(12)25-6)9-22-18(20-3)24(5)11-15-7-14(19)10-23(15)4;/h7-8,10H,9,11H2,1-6H3,(H,20,22);1H. The van der Waals surface area contributed by atoms with E-state index in [1.54, 1.807) is 14.2 Å². The SMILES string of the molecule is CN=C(NCc1ncc(C)c(OC)c1C)N(C)Cc1cc(Br)cn1C.I. The molecule has 144 valence electrons. The number of nitrogens with one attached hydrogen (secondary N) is 1. The van der Waals surface area contributed by atoms with E-state index in [4.69, 9.17) is 4.74 Å². The molecule has 0 fully saturated rings. The van der Waals surface area contributed by atoms with Gasteiger partial charge in [0, 0.05) is 54.8 Å². The van der Waals surface area contributed by atoms with Crippen LogP contribution in [0.3, 0.4) is 0 Å². The van der Waals surface area contributed by atoms with Crippen LogP contribution in [0.1, 0.15) is 22.5 Å². The van der Waals surface area contributed by atoms with Gasteiger partial charge >= 0.3 is 0 Å². The molecule has 0 spiro atoms. The van der Waals surface area contributed by atoms with Crippen LogP contribution in [0.2, 0.25) is 0 Å². The summed E-state index contributed by atoms with van der Waals surface area (Å²) < 4.78 is 8.65. The molecule has 8 heteroatoms. The van der Waals surface area contributed by atoms with Crippen molar-refractivity contribution in [1.82, 2.24) is 19.8 Å². The predicted octanol–water partition coefficient (Wildman–Crippen LogP) is 3.63. The number of pyridine rings is 1. The maximum absolute atomic E-state index is 5.48. The number of ether oxygens (including phenoxy) is 1. The maximum Gasteiger partial charge on any atom is 0.194 e. The Morgan fingerprint density at radius 3 is 2.65 bits per heavy atom. The molecule has 0 aromatic carbocycles. The van der Waals surface area contributed by atoms with Crippen LogP contribution in [0.25, 0.3) is 0 Å². The Bertz CT molecular complexity index is 775. The molecule has 0 atom stereocenters. The first-order valence-corrected chi connectivity index (χ1v) is 8.88. The minimum atomic E-state index is 0. The first kappa shape index (κ1) is 22.8. The maximum atomic E-state index is 5.48. The van der Waals surface area contributed by atoms with Gasteiger partial charge in [-0.15, -0.1) is 24.0 Å². The van der Waals surface area contributed by atoms with E-state index in [0.717, 1.165) is 39.5 Å². The number of halogens is 2. The van der Waals surface area contributed by atoms with Gasteiger partial charge < -0.3 is 19.5 Å². The number of guanidine groups is 1. The highest BCUT2D eigenvalue weighted by molar-refractivity contribution is 14.0. The summed E-state index contributed by atoms with van der Waals surface area (Å²) in [5, 5.41) is 3.38. The van der Waals surface area contributed by atoms with Crippen LogP contribution in [-0.2, 0) is 20.1 Å². The lowest BCUT2D eigenvalue weighted by molar-refractivity contribution is 0.406. The van der Waals surface area contributed by atoms with E-state index in [9.17, 15) is 0 Å². The Balaban J connectivity index is 0.00000338. The van der Waals surface area contributed by atoms with Gasteiger partial charge in [0.05, 0.1) is 25.9 Å². The molecule has 0 bridgehead atoms. The topological polar surface area (TPSA) is 54.7 Å². The normalized spacial score (nSPS) is 11.1. The van der Waals surface area contributed by atoms with Gasteiger partial charge in [-0.2, -0.15) is 0 Å². The summed E-state index contributed by atoms with van der Waals surface area (Å²) in [4.78, 5) is 11.0. The van der Waals surface area contributed by atoms with Crippen molar-refractivity contribution in [2.24, 2.45) is 12.0 Å². The number of aryl methyl sites for hydroxylation is 2. The molecule has 0 aliphatic rings. The van der Waals surface area contributed by atoms with Gasteiger partial charge in [-0.25, -0.2) is 0 Å². The summed E-state index contributed by atoms with van der Waals surface area (Å²) in [6.07, 6.45) is 3.89. The second-order valence-electron chi connectivity index (χ2n) is 6.06. The van der Waals surface area contributed by atoms with Gasteiger partial charge in [-0.1, -0.05) is 0 Å². The van der Waals surface area contributed by atoms with Gasteiger partial charge in [0.15, 0.2) is 5.96 Å². The fraction of sp³-hybridized carbons (Fsp3) is 0.444. The zero-order valence-corrected chi connectivity index (χ0v) is 20.0. The van der Waals surface area contributed by atoms with Gasteiger partial charge in [0.25, 0.3) is 0 Å². The fourth-order valence-corrected chi connectivity index (χ4v) is 3.41. The number of rotatable bonds is 5. The van der Waals surface area contributed by atoms with Crippen molar-refractivity contribution in [3.8, 4) is 5.75 Å². The predicted molar refractivity (Wildman–Crippen MR) is 120 cm³/mol. The smallest absolute Gasteiger partial charge is 0.194 e. The summed E-state index contributed by atoms with van der Waals surface area (Å²) in [6.45, 7) is 5.38. The highest BCUT2D eigenvalue weighted by Crippen LogP contribution is 2.23. The summed E-state index contributed by atoms with van der Waals surface area (Å²) >= 11 is 3.51. The van der Waals surface area contributed by atoms with Crippen LogP contribution in [0, 0.1) is 13.8 Å². The summed E-state index contributed by atoms with van der Waals surface area (Å²) in [6, 6.07) is 2.11. The lowest BCUT2D eigenvalue weighted by atomic mass is 10.1. The van der Waals surface area contributed by atoms with Crippen molar-refractivity contribution in [3.05, 3.63) is 45.4 Å². The molecule has 6 nitrogen and oxygen atoms in total. The second kappa shape index (κ2) is 10.1. The zero-order valence-electron chi connectivity index (χ0n) is 16.1. The van der Waals surface area contributed by atoms with Gasteiger partial charge in [-0.3, -0.25) is 9.98 Å². The van der Waals surface area contributed by atoms with Crippen LogP contribution in [0.15, 0.2) is 27.9 Å². The number of hydrogen-bond donors (Lipinski definition) is 1. The highest BCUT2D eigenvalue weighted by atomic mass is 127. The quantitative estimate of drug-likeness (QED) is 0.361. The Morgan fingerprint density at radius 1 is 1.42 bits per heavy atom. The van der Waals surface area contributed by atoms with Crippen molar-refractivity contribution in [2.75, 3.05) is 21.2 Å². The van der Waals surface area contributed by atoms with Crippen molar-refractivity contribution >= 4 is 45.9 Å². The third-order valence-corrected chi connectivity index (χ3v) is 4.64. The number of aliphatic imine (C=N–C) groups is 1. The summed E-state index contributed by atoms with van der Waals surface area (Å²) in [5.41, 5.74) is 4.25. The number of hydrogen-bond acceptors (Lipinski definition) is 3. The number of methoxy groups -OCH3 is 1. The summed E-state index contributed by atoms with van der Waals surface area (Å²) in [5.74, 6) is 1.71. The molecule has 2 heterocycles. The van der Waals surface area contributed by atoms with Gasteiger partial charge in [0.1, 0.15) is 5.75 Å². The Morgan fingerprint density at radius 2 is 2.12 bits per heavy atom. The molecule has 2 rings (SSSR count). The highest BCUT2D eigenvalue weighted by Gasteiger charge is 2.13. The van der Waals surface area contributed by atoms with E-state index in [0.29, 0.717) is 6.54 Å². The largest absolute Gasteiger partial charge is 0.496 e. The average molecular weight is 536 g/mol. The van der Waals surface area contributed by atoms with E-state index in [1.807, 2.05) is 40.3 Å². The molecule has 0 unspecified atom stereocenters. The average Bonchev–Trinajstić information content (AvgIpc) is 2.87. The first-order chi connectivity index (χ1) is 11.9. The van der Waals surface area contributed by atoms with E-state index < -0.39 is 0 Å². The first-order valence-electron chi connectivity index (χ1n) is 8.09. The van der Waals surface area contributed by atoms with E-state index in [-0.39, 0.29) is 24.0 Å². The van der Waals surface area contributed by atoms with Gasteiger partial charge in [-0.05, 0) is 35.8 Å². The molecule has 0 radical (unpaired) electrons. The van der Waals surface area contributed by atoms with Crippen LogP contribution in [0.5, 0.6) is 5.75 Å². The Hall–Kier alpha value is -1.29. The molecule has 0 saturated heterocycles. The minimum Gasteiger partial charge on any atom is -0.496 e. The molecule has 26 heavy (non-hydrogen) atoms. The zero-order chi connectivity index (χ0) is 18.6. The molecular weight excluding hydrogens is 509 g/mol.